The van der Waals surface area contributed by atoms with Crippen LogP contribution in [0.15, 0.2) is 0 Å². The molecule has 13 N–H and O–H groups in total. The van der Waals surface area contributed by atoms with Crippen LogP contribution in [0.2, 0.25) is 0 Å². The van der Waals surface area contributed by atoms with Gasteiger partial charge < -0.3 is 91.6 Å². The molecule has 1 aliphatic rings. The maximum Gasteiger partial charge on any atom is 0.306 e. The molecule has 7 amide bonds. The largest absolute Gasteiger partial charge is 0.462 e. The van der Waals surface area contributed by atoms with Crippen LogP contribution in [0.4, 0.5) is 0 Å². The average Bonchev–Trinajstić information content (AvgIpc) is 0.924. The Balaban J connectivity index is 2.93. The Hall–Kier alpha value is -5.42. The van der Waals surface area contributed by atoms with Gasteiger partial charge in [-0.1, -0.05) is 168 Å². The lowest BCUT2D eigenvalue weighted by Gasteiger charge is -2.45. The van der Waals surface area contributed by atoms with E-state index in [0.29, 0.717) is 12.8 Å². The molecular weight excluding hydrogens is 1200 g/mol. The molecule has 0 aromatic rings. The molecule has 0 aromatic carbocycles. The van der Waals surface area contributed by atoms with Crippen molar-refractivity contribution in [2.75, 3.05) is 26.4 Å². The molecule has 1 fully saturated rings. The van der Waals surface area contributed by atoms with Gasteiger partial charge in [0.1, 0.15) is 85.8 Å². The highest BCUT2D eigenvalue weighted by molar-refractivity contribution is 5.93. The van der Waals surface area contributed by atoms with Gasteiger partial charge >= 0.3 is 11.9 Å². The number of hydrogen-bond acceptors (Lipinski definition) is 20. The second-order valence-corrected chi connectivity index (χ2v) is 24.4. The quantitative estimate of drug-likeness (QED) is 0.0236. The number of esters is 2. The summed E-state index contributed by atoms with van der Waals surface area (Å²) in [6.07, 6.45) is 14.1. The fraction of sp³-hybridized carbons (Fsp3) is 0.846. The number of nitrogens with two attached hydrogens (primary N) is 1. The van der Waals surface area contributed by atoms with Gasteiger partial charge in [0.25, 0.3) is 0 Å². The zero-order valence-electron chi connectivity index (χ0n) is 56.1. The number of ether oxygens (including phenoxy) is 5. The third-order valence-corrected chi connectivity index (χ3v) is 16.1. The highest BCUT2D eigenvalue weighted by atomic mass is 16.7. The summed E-state index contributed by atoms with van der Waals surface area (Å²) in [5.74, 6) is -6.96. The summed E-state index contributed by atoms with van der Waals surface area (Å²) < 4.78 is 28.6. The smallest absolute Gasteiger partial charge is 0.306 e. The zero-order chi connectivity index (χ0) is 68.8. The number of aliphatic hydroxyl groups excluding tert-OH is 5. The summed E-state index contributed by atoms with van der Waals surface area (Å²) in [4.78, 5) is 129. The van der Waals surface area contributed by atoms with Crippen molar-refractivity contribution in [2.45, 2.75) is 326 Å². The van der Waals surface area contributed by atoms with Gasteiger partial charge in [-0.25, -0.2) is 0 Å². The van der Waals surface area contributed by atoms with E-state index in [4.69, 9.17) is 29.4 Å². The van der Waals surface area contributed by atoms with Gasteiger partial charge in [0, 0.05) is 33.1 Å². The van der Waals surface area contributed by atoms with Gasteiger partial charge in [0.05, 0.1) is 19.8 Å². The first-order chi connectivity index (χ1) is 43.9. The van der Waals surface area contributed by atoms with E-state index in [0.717, 1.165) is 65.7 Å². The zero-order valence-corrected chi connectivity index (χ0v) is 56.1. The first-order valence-corrected chi connectivity index (χ1v) is 34.0. The number of amides is 7. The van der Waals surface area contributed by atoms with Crippen LogP contribution in [0.1, 0.15) is 241 Å². The first-order valence-electron chi connectivity index (χ1n) is 34.0. The van der Waals surface area contributed by atoms with Crippen molar-refractivity contribution >= 4 is 59.6 Å². The Kier molecular flexibility index (Phi) is 46.9. The van der Waals surface area contributed by atoms with Crippen LogP contribution in [0, 0.1) is 0 Å². The van der Waals surface area contributed by atoms with E-state index in [1.807, 2.05) is 0 Å². The Morgan fingerprint density at radius 2 is 1.08 bits per heavy atom. The summed E-state index contributed by atoms with van der Waals surface area (Å²) in [6, 6.07) is -7.42. The molecule has 532 valence electrons. The van der Waals surface area contributed by atoms with Crippen molar-refractivity contribution in [1.29, 1.82) is 0 Å². The molecule has 14 atom stereocenters. The summed E-state index contributed by atoms with van der Waals surface area (Å²) in [5.41, 5.74) is 5.59. The second kappa shape index (κ2) is 51.0. The van der Waals surface area contributed by atoms with E-state index >= 15 is 0 Å². The van der Waals surface area contributed by atoms with E-state index in [9.17, 15) is 73.5 Å². The normalized spacial score (nSPS) is 19.3. The van der Waals surface area contributed by atoms with Crippen LogP contribution >= 0.6 is 0 Å². The highest BCUT2D eigenvalue weighted by Gasteiger charge is 2.49. The Morgan fingerprint density at radius 1 is 0.587 bits per heavy atom. The molecular formula is C65H117N7O20. The van der Waals surface area contributed by atoms with Gasteiger partial charge in [0.2, 0.25) is 41.4 Å². The fourth-order valence-corrected chi connectivity index (χ4v) is 10.5. The van der Waals surface area contributed by atoms with E-state index < -0.39 is 158 Å². The predicted octanol–water partition coefficient (Wildman–Crippen LogP) is 3.44. The van der Waals surface area contributed by atoms with Crippen molar-refractivity contribution < 1.29 is 97.2 Å². The predicted molar refractivity (Wildman–Crippen MR) is 341 cm³/mol. The molecule has 0 unspecified atom stereocenters. The molecule has 1 saturated heterocycles. The lowest BCUT2D eigenvalue weighted by Crippen LogP contribution is -2.66. The third-order valence-electron chi connectivity index (χ3n) is 16.1. The maximum atomic E-state index is 13.6. The van der Waals surface area contributed by atoms with Crippen molar-refractivity contribution in [2.24, 2.45) is 5.73 Å². The minimum Gasteiger partial charge on any atom is -0.462 e. The van der Waals surface area contributed by atoms with E-state index in [1.54, 1.807) is 0 Å². The van der Waals surface area contributed by atoms with Crippen molar-refractivity contribution in [1.82, 2.24) is 31.9 Å². The first kappa shape index (κ1) is 84.6. The molecule has 0 radical (unpaired) electrons. The number of unbranched alkanes of at least 4 members (excludes halogenated alkanes) is 24. The van der Waals surface area contributed by atoms with Crippen LogP contribution in [-0.2, 0) is 71.6 Å². The van der Waals surface area contributed by atoms with Crippen LogP contribution < -0.4 is 37.6 Å². The molecule has 92 heavy (non-hydrogen) atoms. The monoisotopic (exact) mass is 1320 g/mol. The maximum absolute atomic E-state index is 13.6. The summed E-state index contributed by atoms with van der Waals surface area (Å²) >= 11 is 0. The molecule has 0 aromatic heterocycles. The van der Waals surface area contributed by atoms with Gasteiger partial charge in [-0.3, -0.25) is 43.2 Å². The SMILES string of the molecule is CCCCCCCCCCCCCCCC(=O)OC[C@H](CNC(=O)[C@H](C)NC(=O)CC[C@@H](NC(=O)[C@H](C)NC(=O)[C@@H](C)O[C@@H]([C@H](O[C@@H]1O[C@H](CO)[C@@H](O)[C@H](O)[C@H]1NC(C)=O)[C@H](O)CO)[C@H](C=O)NC(C)=O)C(N)=O)OC(=O)CCCCCCCCCCCCCCC. The summed E-state index contributed by atoms with van der Waals surface area (Å²) in [5, 5.41) is 66.7. The van der Waals surface area contributed by atoms with Crippen LogP contribution in [0.5, 0.6) is 0 Å². The third kappa shape index (κ3) is 37.5. The topological polar surface area (TPSA) is 416 Å². The molecule has 0 spiro atoms. The van der Waals surface area contributed by atoms with Crippen molar-refractivity contribution in [3.63, 3.8) is 0 Å². The molecule has 27 nitrogen and oxygen atoms in total. The van der Waals surface area contributed by atoms with Gasteiger partial charge in [0.15, 0.2) is 12.4 Å². The van der Waals surface area contributed by atoms with E-state index in [1.165, 1.54) is 123 Å². The average molecular weight is 1320 g/mol. The van der Waals surface area contributed by atoms with E-state index in [-0.39, 0.29) is 38.7 Å². The highest BCUT2D eigenvalue weighted by Crippen LogP contribution is 2.27. The second-order valence-electron chi connectivity index (χ2n) is 24.4. The number of aliphatic hydroxyl groups is 5. The van der Waals surface area contributed by atoms with E-state index in [2.05, 4.69) is 45.7 Å². The number of primary amides is 1. The van der Waals surface area contributed by atoms with Gasteiger partial charge in [-0.05, 0) is 40.0 Å². The lowest BCUT2D eigenvalue weighted by atomic mass is 9.96. The van der Waals surface area contributed by atoms with Crippen LogP contribution in [-0.4, -0.2) is 197 Å². The number of carbonyl (C=O) groups excluding carboxylic acids is 10. The number of nitrogens with one attached hydrogen (secondary N) is 6. The minimum absolute atomic E-state index is 0.150. The molecule has 0 bridgehead atoms. The number of rotatable bonds is 55. The summed E-state index contributed by atoms with van der Waals surface area (Å²) in [7, 11) is 0. The molecule has 27 heteroatoms. The Labute approximate surface area is 545 Å². The van der Waals surface area contributed by atoms with Crippen LogP contribution in [0.3, 0.4) is 0 Å². The Morgan fingerprint density at radius 3 is 1.53 bits per heavy atom. The molecule has 1 rings (SSSR count). The molecule has 1 aliphatic heterocycles. The van der Waals surface area contributed by atoms with Gasteiger partial charge in [-0.15, -0.1) is 0 Å². The molecule has 0 aliphatic carbocycles. The van der Waals surface area contributed by atoms with Gasteiger partial charge in [-0.2, -0.15) is 0 Å². The van der Waals surface area contributed by atoms with Crippen molar-refractivity contribution in [3.8, 4) is 0 Å². The van der Waals surface area contributed by atoms with Crippen LogP contribution in [0.25, 0.3) is 0 Å². The number of hydrogen-bond donors (Lipinski definition) is 12. The molecule has 0 saturated carbocycles. The minimum atomic E-state index is -2.01. The van der Waals surface area contributed by atoms with Crippen molar-refractivity contribution in [3.05, 3.63) is 0 Å². The fourth-order valence-electron chi connectivity index (χ4n) is 10.5. The lowest BCUT2D eigenvalue weighted by molar-refractivity contribution is -0.302. The number of carbonyl (C=O) groups is 10. The Bertz CT molecular complexity index is 2130. The molecule has 1 heterocycles. The number of aldehydes is 1. The summed E-state index contributed by atoms with van der Waals surface area (Å²) in [6.45, 7) is 7.78. The standard InChI is InChI=1S/C65H117N7O20/c1-8-10-12-14-16-18-20-22-24-26-28-30-32-34-54(80)88-42-48(90-55(81)35-33-31-29-27-25-23-21-19-17-15-13-11-9-2)38-67-62(85)43(3)68-53(79)37-36-49(61(66)84)72-63(86)44(4)69-64(87)45(5)89-59(50(39-73)70-46(6)76)60(51(78)40-74)92-65-56(71-47(7)77)58(83)57(82)52(41-75)91-65/h39,43-45,48-52,56-60,65,74-75,78,82-83H,8-38,40-42H2,1-7H3,(H2,66,84)(H,67,85)(H,68,79)(H,69,87)(H,70,76)(H,71,77)(H,72,86)/t43-,44-,45+,48-,49+,50-,51+,52+,56+,57+,58+,59+,60+,65-/m0/s1.